The van der Waals surface area contributed by atoms with Crippen LogP contribution >= 0.6 is 0 Å². The highest BCUT2D eigenvalue weighted by Crippen LogP contribution is 2.22. The Kier molecular flexibility index (Phi) is 6.83. The lowest BCUT2D eigenvalue weighted by molar-refractivity contribution is -0.176. The number of hydrogen-bond donors (Lipinski definition) is 2. The van der Waals surface area contributed by atoms with Gasteiger partial charge in [-0.05, 0) is 18.6 Å². The molecule has 0 aromatic heterocycles. The average molecular weight is 306 g/mol. The van der Waals surface area contributed by atoms with Crippen LogP contribution in [0.25, 0.3) is 0 Å². The number of para-hydroxylation sites is 1. The second-order valence-electron chi connectivity index (χ2n) is 5.86. The second-order valence-corrected chi connectivity index (χ2v) is 5.86. The molecular weight excluding hydrogens is 280 g/mol. The van der Waals surface area contributed by atoms with Crippen LogP contribution in [-0.2, 0) is 14.3 Å². The van der Waals surface area contributed by atoms with Gasteiger partial charge < -0.3 is 20.1 Å². The number of benzene rings is 1. The molecule has 2 atom stereocenters. The second kappa shape index (κ2) is 8.88. The largest absolute Gasteiger partial charge is 0.353 e. The first-order chi connectivity index (χ1) is 10.6. The molecule has 1 fully saturated rings. The number of carbonyl (C=O) groups is 1. The van der Waals surface area contributed by atoms with Gasteiger partial charge in [0.1, 0.15) is 0 Å². The van der Waals surface area contributed by atoms with Crippen molar-refractivity contribution in [2.24, 2.45) is 5.92 Å². The minimum atomic E-state index is -0.283. The van der Waals surface area contributed by atoms with Crippen LogP contribution in [0.1, 0.15) is 26.7 Å². The minimum absolute atomic E-state index is 0.0448. The van der Waals surface area contributed by atoms with Gasteiger partial charge in [-0.2, -0.15) is 0 Å². The third kappa shape index (κ3) is 5.75. The molecule has 122 valence electrons. The summed E-state index contributed by atoms with van der Waals surface area (Å²) in [6.45, 7) is 6.14. The van der Waals surface area contributed by atoms with Crippen LogP contribution in [0.5, 0.6) is 0 Å². The van der Waals surface area contributed by atoms with Gasteiger partial charge in [0.15, 0.2) is 6.29 Å². The van der Waals surface area contributed by atoms with Crippen molar-refractivity contribution in [3.8, 4) is 0 Å². The molecule has 1 saturated heterocycles. The summed E-state index contributed by atoms with van der Waals surface area (Å²) in [4.78, 5) is 12.3. The molecule has 5 nitrogen and oxygen atoms in total. The molecule has 1 aromatic rings. The summed E-state index contributed by atoms with van der Waals surface area (Å²) in [5.41, 5.74) is 0.831. The normalized spacial score (nSPS) is 21.8. The molecule has 0 saturated carbocycles. The highest BCUT2D eigenvalue weighted by molar-refractivity contribution is 5.92. The predicted octanol–water partition coefficient (Wildman–Crippen LogP) is 2.39. The van der Waals surface area contributed by atoms with E-state index in [4.69, 9.17) is 9.47 Å². The van der Waals surface area contributed by atoms with Gasteiger partial charge in [-0.25, -0.2) is 0 Å². The van der Waals surface area contributed by atoms with Gasteiger partial charge in [0.2, 0.25) is 5.91 Å². The Hall–Kier alpha value is -1.43. The summed E-state index contributed by atoms with van der Waals surface area (Å²) in [5.74, 6) is -0.0135. The lowest BCUT2D eigenvalue weighted by Gasteiger charge is -2.28. The summed E-state index contributed by atoms with van der Waals surface area (Å²) in [7, 11) is 0. The molecule has 22 heavy (non-hydrogen) atoms. The highest BCUT2D eigenvalue weighted by Gasteiger charge is 2.28. The summed E-state index contributed by atoms with van der Waals surface area (Å²) >= 11 is 0. The molecule has 5 heteroatoms. The van der Waals surface area contributed by atoms with Crippen molar-refractivity contribution in [1.82, 2.24) is 5.32 Å². The molecule has 2 unspecified atom stereocenters. The molecule has 0 aliphatic carbocycles. The first-order valence-corrected chi connectivity index (χ1v) is 7.97. The average Bonchev–Trinajstić information content (AvgIpc) is 2.53. The molecule has 1 heterocycles. The van der Waals surface area contributed by atoms with Gasteiger partial charge in [-0.3, -0.25) is 4.79 Å². The van der Waals surface area contributed by atoms with E-state index >= 15 is 0 Å². The number of nitrogens with one attached hydrogen (secondary N) is 2. The number of amides is 1. The Bertz CT molecular complexity index is 450. The molecule has 0 radical (unpaired) electrons. The molecule has 2 N–H and O–H groups in total. The van der Waals surface area contributed by atoms with E-state index in [9.17, 15) is 4.79 Å². The molecule has 0 spiro atoms. The van der Waals surface area contributed by atoms with Crippen molar-refractivity contribution >= 4 is 11.6 Å². The molecular formula is C17H26N2O3. The molecule has 1 amide bonds. The Morgan fingerprint density at radius 3 is 2.86 bits per heavy atom. The van der Waals surface area contributed by atoms with Gasteiger partial charge in [0.05, 0.1) is 13.2 Å². The third-order valence-corrected chi connectivity index (χ3v) is 3.62. The van der Waals surface area contributed by atoms with Crippen molar-refractivity contribution in [1.29, 1.82) is 0 Å². The van der Waals surface area contributed by atoms with E-state index < -0.39 is 0 Å². The first-order valence-electron chi connectivity index (χ1n) is 7.97. The van der Waals surface area contributed by atoms with Crippen LogP contribution in [0.2, 0.25) is 0 Å². The number of carbonyl (C=O) groups excluding carboxylic acids is 1. The van der Waals surface area contributed by atoms with Crippen LogP contribution in [0, 0.1) is 5.92 Å². The standard InChI is InChI=1S/C17H26N2O3/c1-13(2)18-9-11-22-16-12-14(8-10-21-16)17(20)19-15-6-4-3-5-7-15/h3-7,13-14,16,18H,8-12H2,1-2H3,(H,19,20). The number of hydrogen-bond acceptors (Lipinski definition) is 4. The zero-order chi connectivity index (χ0) is 15.8. The van der Waals surface area contributed by atoms with E-state index in [2.05, 4.69) is 24.5 Å². The summed E-state index contributed by atoms with van der Waals surface area (Å²) in [6.07, 6.45) is 1.07. The summed E-state index contributed by atoms with van der Waals surface area (Å²) < 4.78 is 11.3. The molecule has 2 rings (SSSR count). The van der Waals surface area contributed by atoms with E-state index in [1.54, 1.807) is 0 Å². The number of ether oxygens (including phenoxy) is 2. The van der Waals surface area contributed by atoms with Gasteiger partial charge in [-0.1, -0.05) is 32.0 Å². The zero-order valence-corrected chi connectivity index (χ0v) is 13.4. The predicted molar refractivity (Wildman–Crippen MR) is 86.6 cm³/mol. The third-order valence-electron chi connectivity index (χ3n) is 3.62. The van der Waals surface area contributed by atoms with Gasteiger partial charge in [0, 0.05) is 30.6 Å². The van der Waals surface area contributed by atoms with Crippen molar-refractivity contribution < 1.29 is 14.3 Å². The number of rotatable bonds is 7. The van der Waals surface area contributed by atoms with E-state index in [-0.39, 0.29) is 18.1 Å². The SMILES string of the molecule is CC(C)NCCOC1CC(C(=O)Nc2ccccc2)CCO1. The molecule has 0 bridgehead atoms. The topological polar surface area (TPSA) is 59.6 Å². The Morgan fingerprint density at radius 1 is 1.36 bits per heavy atom. The summed E-state index contributed by atoms with van der Waals surface area (Å²) in [6, 6.07) is 9.98. The van der Waals surface area contributed by atoms with Crippen molar-refractivity contribution in [2.45, 2.75) is 39.0 Å². The summed E-state index contributed by atoms with van der Waals surface area (Å²) in [5, 5.41) is 6.24. The van der Waals surface area contributed by atoms with E-state index in [1.807, 2.05) is 30.3 Å². The van der Waals surface area contributed by atoms with E-state index in [0.717, 1.165) is 18.7 Å². The van der Waals surface area contributed by atoms with Gasteiger partial charge in [-0.15, -0.1) is 0 Å². The fourth-order valence-corrected chi connectivity index (χ4v) is 2.42. The van der Waals surface area contributed by atoms with E-state index in [0.29, 0.717) is 25.7 Å². The van der Waals surface area contributed by atoms with Crippen LogP contribution in [0.4, 0.5) is 5.69 Å². The zero-order valence-electron chi connectivity index (χ0n) is 13.4. The molecule has 1 aliphatic heterocycles. The molecule has 1 aliphatic rings. The van der Waals surface area contributed by atoms with Crippen LogP contribution in [-0.4, -0.2) is 38.0 Å². The van der Waals surface area contributed by atoms with Crippen molar-refractivity contribution in [3.05, 3.63) is 30.3 Å². The van der Waals surface area contributed by atoms with Crippen molar-refractivity contribution in [2.75, 3.05) is 25.1 Å². The van der Waals surface area contributed by atoms with E-state index in [1.165, 1.54) is 0 Å². The smallest absolute Gasteiger partial charge is 0.227 e. The fraction of sp³-hybridized carbons (Fsp3) is 0.588. The van der Waals surface area contributed by atoms with Gasteiger partial charge >= 0.3 is 0 Å². The maximum Gasteiger partial charge on any atom is 0.227 e. The fourth-order valence-electron chi connectivity index (χ4n) is 2.42. The van der Waals surface area contributed by atoms with Crippen LogP contribution in [0.15, 0.2) is 30.3 Å². The Labute approximate surface area is 132 Å². The quantitative estimate of drug-likeness (QED) is 0.759. The van der Waals surface area contributed by atoms with Crippen molar-refractivity contribution in [3.63, 3.8) is 0 Å². The minimum Gasteiger partial charge on any atom is -0.353 e. The van der Waals surface area contributed by atoms with Crippen LogP contribution in [0.3, 0.4) is 0 Å². The first kappa shape index (κ1) is 16.9. The van der Waals surface area contributed by atoms with Crippen LogP contribution < -0.4 is 10.6 Å². The maximum atomic E-state index is 12.3. The Morgan fingerprint density at radius 2 is 2.14 bits per heavy atom. The number of anilines is 1. The monoisotopic (exact) mass is 306 g/mol. The lowest BCUT2D eigenvalue weighted by Crippen LogP contribution is -2.36. The highest BCUT2D eigenvalue weighted by atomic mass is 16.7. The Balaban J connectivity index is 1.74. The van der Waals surface area contributed by atoms with Gasteiger partial charge in [0.25, 0.3) is 0 Å². The molecule has 1 aromatic carbocycles. The maximum absolute atomic E-state index is 12.3. The lowest BCUT2D eigenvalue weighted by atomic mass is 9.98.